The van der Waals surface area contributed by atoms with Crippen LogP contribution in [0.25, 0.3) is 16.7 Å². The first kappa shape index (κ1) is 28.1. The summed E-state index contributed by atoms with van der Waals surface area (Å²) in [5, 5.41) is 26.3. The maximum atomic E-state index is 12.4. The van der Waals surface area contributed by atoms with Gasteiger partial charge in [0.05, 0.1) is 5.52 Å². The molecule has 13 nitrogen and oxygen atoms in total. The first-order valence-corrected chi connectivity index (χ1v) is 12.5. The van der Waals surface area contributed by atoms with E-state index in [0.717, 1.165) is 5.56 Å². The molecule has 0 spiro atoms. The van der Waals surface area contributed by atoms with E-state index in [4.69, 9.17) is 10.8 Å². The van der Waals surface area contributed by atoms with Crippen molar-refractivity contribution in [2.24, 2.45) is 5.73 Å². The Morgan fingerprint density at radius 2 is 2.02 bits per heavy atom. The van der Waals surface area contributed by atoms with Gasteiger partial charge in [0, 0.05) is 63.7 Å². The lowest BCUT2D eigenvalue weighted by Crippen LogP contribution is -2.37. The zero-order chi connectivity index (χ0) is 29.0. The van der Waals surface area contributed by atoms with Crippen LogP contribution >= 0.6 is 0 Å². The van der Waals surface area contributed by atoms with Gasteiger partial charge in [-0.05, 0) is 36.2 Å². The van der Waals surface area contributed by atoms with Crippen molar-refractivity contribution < 1.29 is 29.4 Å². The lowest BCUT2D eigenvalue weighted by molar-refractivity contribution is -0.137. The molecule has 1 aliphatic heterocycles. The first-order chi connectivity index (χ1) is 19.0. The molecule has 40 heavy (non-hydrogen) atoms. The van der Waals surface area contributed by atoms with Crippen LogP contribution in [0, 0.1) is 11.8 Å². The molecule has 208 valence electrons. The number of carboxylic acid groups (broad SMARTS) is 1. The van der Waals surface area contributed by atoms with Gasteiger partial charge < -0.3 is 31.1 Å². The predicted molar refractivity (Wildman–Crippen MR) is 143 cm³/mol. The van der Waals surface area contributed by atoms with Gasteiger partial charge in [0.2, 0.25) is 11.5 Å². The maximum absolute atomic E-state index is 12.4. The average Bonchev–Trinajstić information content (AvgIpc) is 3.43. The number of likely N-dealkylation sites (tertiary alicyclic amines) is 1. The Morgan fingerprint density at radius 3 is 2.70 bits per heavy atom. The van der Waals surface area contributed by atoms with Crippen molar-refractivity contribution in [3.05, 3.63) is 53.3 Å². The van der Waals surface area contributed by atoms with Crippen LogP contribution in [0.15, 0.2) is 36.5 Å². The molecular weight excluding hydrogens is 518 g/mol. The molecule has 0 saturated carbocycles. The van der Waals surface area contributed by atoms with Gasteiger partial charge in [0.1, 0.15) is 0 Å². The molecule has 13 heteroatoms. The Kier molecular flexibility index (Phi) is 8.01. The van der Waals surface area contributed by atoms with Gasteiger partial charge in [-0.25, -0.2) is 14.5 Å². The van der Waals surface area contributed by atoms with Crippen LogP contribution in [0.2, 0.25) is 0 Å². The number of likely N-dealkylation sites (N-methyl/N-ethyl adjacent to an activating group) is 1. The summed E-state index contributed by atoms with van der Waals surface area (Å²) in [6.07, 6.45) is 1.13. The Bertz CT molecular complexity index is 1560. The van der Waals surface area contributed by atoms with Gasteiger partial charge in [0.15, 0.2) is 11.5 Å². The van der Waals surface area contributed by atoms with Gasteiger partial charge in [-0.3, -0.25) is 14.4 Å². The summed E-state index contributed by atoms with van der Waals surface area (Å²) >= 11 is 0. The second-order valence-electron chi connectivity index (χ2n) is 9.55. The minimum atomic E-state index is -1.74. The third-order valence-electron chi connectivity index (χ3n) is 6.55. The number of amides is 4. The van der Waals surface area contributed by atoms with Crippen LogP contribution in [0.5, 0.6) is 0 Å². The molecule has 1 fully saturated rings. The number of rotatable bonds is 8. The van der Waals surface area contributed by atoms with Crippen molar-refractivity contribution in [1.82, 2.24) is 29.9 Å². The SMILES string of the molecule is CN(Cc1ccc2c(c1)c(C(N)=O)nn2-c1cc(C#CC2(O)CCN(C)C2=O)ccn1)C(=O)CCCNC(=O)O. The highest BCUT2D eigenvalue weighted by Gasteiger charge is 2.42. The number of aromatic nitrogens is 3. The number of carbonyl (C=O) groups excluding carboxylic acids is 3. The van der Waals surface area contributed by atoms with E-state index in [2.05, 4.69) is 27.2 Å². The summed E-state index contributed by atoms with van der Waals surface area (Å²) in [5.74, 6) is 4.52. The summed E-state index contributed by atoms with van der Waals surface area (Å²) in [6, 6.07) is 8.52. The summed E-state index contributed by atoms with van der Waals surface area (Å²) in [5.41, 5.74) is 5.67. The number of nitrogens with one attached hydrogen (secondary N) is 1. The molecule has 3 aromatic rings. The molecule has 4 amide bonds. The van der Waals surface area contributed by atoms with Crippen LogP contribution in [-0.4, -0.2) is 91.4 Å². The lowest BCUT2D eigenvalue weighted by Gasteiger charge is -2.17. The molecule has 5 N–H and O–H groups in total. The minimum Gasteiger partial charge on any atom is -0.465 e. The van der Waals surface area contributed by atoms with E-state index in [1.807, 2.05) is 0 Å². The number of nitrogens with two attached hydrogens (primary N) is 1. The second kappa shape index (κ2) is 11.4. The summed E-state index contributed by atoms with van der Waals surface area (Å²) in [6.45, 7) is 0.848. The zero-order valence-electron chi connectivity index (χ0n) is 22.0. The third kappa shape index (κ3) is 6.02. The molecule has 1 unspecified atom stereocenters. The smallest absolute Gasteiger partial charge is 0.404 e. The van der Waals surface area contributed by atoms with Crippen LogP contribution in [0.1, 0.15) is 40.9 Å². The third-order valence-corrected chi connectivity index (χ3v) is 6.55. The van der Waals surface area contributed by atoms with Crippen molar-refractivity contribution in [2.75, 3.05) is 27.2 Å². The van der Waals surface area contributed by atoms with Crippen molar-refractivity contribution in [2.45, 2.75) is 31.4 Å². The molecule has 2 aromatic heterocycles. The first-order valence-electron chi connectivity index (χ1n) is 12.5. The molecule has 1 aliphatic rings. The molecule has 1 atom stereocenters. The second-order valence-corrected chi connectivity index (χ2v) is 9.55. The monoisotopic (exact) mass is 547 g/mol. The Morgan fingerprint density at radius 1 is 1.25 bits per heavy atom. The fourth-order valence-electron chi connectivity index (χ4n) is 4.37. The number of aliphatic hydroxyl groups is 1. The summed E-state index contributed by atoms with van der Waals surface area (Å²) < 4.78 is 1.46. The number of pyridine rings is 1. The van der Waals surface area contributed by atoms with Crippen LogP contribution in [-0.2, 0) is 16.1 Å². The van der Waals surface area contributed by atoms with E-state index in [0.29, 0.717) is 35.2 Å². The number of benzene rings is 1. The standard InChI is InChI=1S/C27H29N7O6/c1-32-13-10-27(40,25(32)37)9-7-17-8-12-29-21(15-17)34-20-6-5-18(14-19(20)23(31-34)24(28)36)16-33(2)22(35)4-3-11-30-26(38)39/h5-6,8,12,14-15,30,40H,3-4,10-11,13,16H2,1-2H3,(H2,28,36)(H,38,39). The maximum Gasteiger partial charge on any atom is 0.404 e. The van der Waals surface area contributed by atoms with E-state index >= 15 is 0 Å². The minimum absolute atomic E-state index is 0.0257. The van der Waals surface area contributed by atoms with Crippen molar-refractivity contribution in [1.29, 1.82) is 0 Å². The topological polar surface area (TPSA) is 184 Å². The quantitative estimate of drug-likeness (QED) is 0.232. The average molecular weight is 548 g/mol. The van der Waals surface area contributed by atoms with Gasteiger partial charge >= 0.3 is 6.09 Å². The number of fused-ring (bicyclic) bond motifs is 1. The Balaban J connectivity index is 1.58. The molecule has 1 saturated heterocycles. The highest BCUT2D eigenvalue weighted by atomic mass is 16.4. The molecular formula is C27H29N7O6. The molecule has 3 heterocycles. The normalized spacial score (nSPS) is 16.5. The molecule has 1 aromatic carbocycles. The molecule has 0 bridgehead atoms. The van der Waals surface area contributed by atoms with Gasteiger partial charge in [0.25, 0.3) is 11.8 Å². The number of hydrogen-bond donors (Lipinski definition) is 4. The number of primary amides is 1. The lowest BCUT2D eigenvalue weighted by atomic mass is 10.0. The predicted octanol–water partition coefficient (Wildman–Crippen LogP) is 0.470. The fourth-order valence-corrected chi connectivity index (χ4v) is 4.37. The number of carbonyl (C=O) groups is 4. The Labute approximate surface area is 229 Å². The fraction of sp³-hybridized carbons (Fsp3) is 0.333. The van der Waals surface area contributed by atoms with E-state index in [-0.39, 0.29) is 37.5 Å². The molecule has 4 rings (SSSR count). The number of hydrogen-bond acceptors (Lipinski definition) is 7. The van der Waals surface area contributed by atoms with E-state index < -0.39 is 23.5 Å². The highest BCUT2D eigenvalue weighted by Crippen LogP contribution is 2.24. The Hall–Kier alpha value is -4.96. The van der Waals surface area contributed by atoms with Crippen molar-refractivity contribution in [3.63, 3.8) is 0 Å². The van der Waals surface area contributed by atoms with E-state index in [1.165, 1.54) is 20.7 Å². The van der Waals surface area contributed by atoms with Crippen LogP contribution in [0.3, 0.4) is 0 Å². The van der Waals surface area contributed by atoms with Gasteiger partial charge in [-0.2, -0.15) is 5.10 Å². The highest BCUT2D eigenvalue weighted by molar-refractivity contribution is 6.04. The zero-order valence-corrected chi connectivity index (χ0v) is 22.0. The number of nitrogens with zero attached hydrogens (tertiary/aromatic N) is 5. The summed E-state index contributed by atoms with van der Waals surface area (Å²) in [4.78, 5) is 54.7. The summed E-state index contributed by atoms with van der Waals surface area (Å²) in [7, 11) is 3.25. The van der Waals surface area contributed by atoms with Crippen molar-refractivity contribution >= 4 is 34.7 Å². The van der Waals surface area contributed by atoms with Gasteiger partial charge in [-0.15, -0.1) is 0 Å². The van der Waals surface area contributed by atoms with E-state index in [1.54, 1.807) is 44.4 Å². The van der Waals surface area contributed by atoms with Crippen LogP contribution in [0.4, 0.5) is 4.79 Å². The van der Waals surface area contributed by atoms with Crippen LogP contribution < -0.4 is 11.1 Å². The molecule has 0 radical (unpaired) electrons. The molecule has 0 aliphatic carbocycles. The van der Waals surface area contributed by atoms with Crippen molar-refractivity contribution in [3.8, 4) is 17.7 Å². The van der Waals surface area contributed by atoms with E-state index in [9.17, 15) is 24.3 Å². The largest absolute Gasteiger partial charge is 0.465 e. The van der Waals surface area contributed by atoms with Gasteiger partial charge in [-0.1, -0.05) is 17.9 Å².